The van der Waals surface area contributed by atoms with Gasteiger partial charge >= 0.3 is 5.76 Å². The second-order valence-electron chi connectivity index (χ2n) is 4.09. The van der Waals surface area contributed by atoms with Gasteiger partial charge in [-0.1, -0.05) is 6.07 Å². The SMILES string of the molecule is O=C(Nc1cccc(S(=O)(=O)C(F)F)c1)C1CSCN1. The molecule has 1 aromatic rings. The predicted molar refractivity (Wildman–Crippen MR) is 72.5 cm³/mol. The molecule has 1 atom stereocenters. The van der Waals surface area contributed by atoms with Gasteiger partial charge < -0.3 is 5.32 Å². The van der Waals surface area contributed by atoms with E-state index in [4.69, 9.17) is 0 Å². The molecule has 1 unspecified atom stereocenters. The number of hydrogen-bond donors (Lipinski definition) is 2. The van der Waals surface area contributed by atoms with Crippen molar-refractivity contribution in [2.45, 2.75) is 16.7 Å². The number of carbonyl (C=O) groups excluding carboxylic acids is 1. The number of sulfone groups is 1. The molecule has 0 bridgehead atoms. The van der Waals surface area contributed by atoms with Crippen LogP contribution in [0.2, 0.25) is 0 Å². The number of hydrogen-bond acceptors (Lipinski definition) is 5. The average Bonchev–Trinajstić information content (AvgIpc) is 2.92. The Labute approximate surface area is 119 Å². The Kier molecular flexibility index (Phi) is 4.61. The number of thioether (sulfide) groups is 1. The summed E-state index contributed by atoms with van der Waals surface area (Å²) in [6, 6.07) is 4.49. The van der Waals surface area contributed by atoms with Crippen LogP contribution in [0.15, 0.2) is 29.2 Å². The van der Waals surface area contributed by atoms with Crippen LogP contribution in [0.3, 0.4) is 0 Å². The lowest BCUT2D eigenvalue weighted by Crippen LogP contribution is -2.37. The minimum Gasteiger partial charge on any atom is -0.325 e. The van der Waals surface area contributed by atoms with Crippen LogP contribution < -0.4 is 10.6 Å². The van der Waals surface area contributed by atoms with Gasteiger partial charge in [-0.05, 0) is 18.2 Å². The minimum atomic E-state index is -4.66. The molecule has 1 fully saturated rings. The Morgan fingerprint density at radius 2 is 2.20 bits per heavy atom. The largest absolute Gasteiger partial charge is 0.341 e. The van der Waals surface area contributed by atoms with Gasteiger partial charge in [0.2, 0.25) is 15.7 Å². The summed E-state index contributed by atoms with van der Waals surface area (Å²) >= 11 is 1.57. The molecule has 0 saturated carbocycles. The molecule has 1 amide bonds. The number of rotatable bonds is 4. The van der Waals surface area contributed by atoms with Crippen molar-refractivity contribution in [2.24, 2.45) is 0 Å². The first kappa shape index (κ1) is 15.2. The molecule has 1 aromatic carbocycles. The maximum absolute atomic E-state index is 12.5. The normalized spacial score (nSPS) is 19.2. The van der Waals surface area contributed by atoms with Crippen LogP contribution in [0, 0.1) is 0 Å². The summed E-state index contributed by atoms with van der Waals surface area (Å²) < 4.78 is 47.6. The third-order valence-corrected chi connectivity index (χ3v) is 5.02. The van der Waals surface area contributed by atoms with Crippen LogP contribution in [-0.2, 0) is 14.6 Å². The molecule has 0 aliphatic carbocycles. The van der Waals surface area contributed by atoms with E-state index in [1.807, 2.05) is 0 Å². The lowest BCUT2D eigenvalue weighted by Gasteiger charge is -2.11. The van der Waals surface area contributed by atoms with Crippen molar-refractivity contribution >= 4 is 33.2 Å². The maximum Gasteiger partial charge on any atom is 0.341 e. The predicted octanol–water partition coefficient (Wildman–Crippen LogP) is 1.28. The lowest BCUT2D eigenvalue weighted by atomic mass is 10.2. The van der Waals surface area contributed by atoms with E-state index in [2.05, 4.69) is 10.6 Å². The molecule has 0 aromatic heterocycles. The molecule has 2 N–H and O–H groups in total. The molecule has 1 heterocycles. The fraction of sp³-hybridized carbons (Fsp3) is 0.364. The first-order chi connectivity index (χ1) is 9.41. The highest BCUT2D eigenvalue weighted by molar-refractivity contribution is 7.99. The molecule has 0 radical (unpaired) electrons. The third-order valence-electron chi connectivity index (χ3n) is 2.70. The number of halogens is 2. The molecule has 110 valence electrons. The summed E-state index contributed by atoms with van der Waals surface area (Å²) in [4.78, 5) is 11.3. The van der Waals surface area contributed by atoms with Crippen molar-refractivity contribution in [3.63, 3.8) is 0 Å². The standard InChI is InChI=1S/C11H12F2N2O3S2/c12-11(13)20(17,18)8-3-1-2-7(4-8)15-10(16)9-5-19-6-14-9/h1-4,9,11,14H,5-6H2,(H,15,16). The van der Waals surface area contributed by atoms with E-state index in [-0.39, 0.29) is 17.6 Å². The van der Waals surface area contributed by atoms with E-state index in [1.165, 1.54) is 12.1 Å². The monoisotopic (exact) mass is 322 g/mol. The zero-order valence-corrected chi connectivity index (χ0v) is 11.8. The van der Waals surface area contributed by atoms with Crippen molar-refractivity contribution in [3.05, 3.63) is 24.3 Å². The molecule has 2 rings (SSSR count). The smallest absolute Gasteiger partial charge is 0.325 e. The summed E-state index contributed by atoms with van der Waals surface area (Å²) in [6.07, 6.45) is 0. The average molecular weight is 322 g/mol. The Bertz CT molecular complexity index is 601. The van der Waals surface area contributed by atoms with Crippen molar-refractivity contribution < 1.29 is 22.0 Å². The summed E-state index contributed by atoms with van der Waals surface area (Å²) in [7, 11) is -4.66. The lowest BCUT2D eigenvalue weighted by molar-refractivity contribution is -0.117. The Morgan fingerprint density at radius 1 is 1.45 bits per heavy atom. The van der Waals surface area contributed by atoms with Gasteiger partial charge in [0.15, 0.2) is 0 Å². The van der Waals surface area contributed by atoms with E-state index in [0.29, 0.717) is 11.6 Å². The number of amides is 1. The second kappa shape index (κ2) is 6.06. The van der Waals surface area contributed by atoms with E-state index in [0.717, 1.165) is 12.1 Å². The summed E-state index contributed by atoms with van der Waals surface area (Å²) in [5, 5.41) is 5.46. The van der Waals surface area contributed by atoms with Crippen molar-refractivity contribution in [3.8, 4) is 0 Å². The van der Waals surface area contributed by atoms with Crippen LogP contribution in [0.5, 0.6) is 0 Å². The molecule has 1 saturated heterocycles. The zero-order chi connectivity index (χ0) is 14.8. The van der Waals surface area contributed by atoms with Crippen molar-refractivity contribution in [1.29, 1.82) is 0 Å². The second-order valence-corrected chi connectivity index (χ2v) is 7.04. The van der Waals surface area contributed by atoms with Crippen LogP contribution in [0.4, 0.5) is 14.5 Å². The number of alkyl halides is 2. The zero-order valence-electron chi connectivity index (χ0n) is 10.2. The maximum atomic E-state index is 12.5. The Morgan fingerprint density at radius 3 is 2.80 bits per heavy atom. The molecule has 20 heavy (non-hydrogen) atoms. The van der Waals surface area contributed by atoms with Gasteiger partial charge in [-0.3, -0.25) is 10.1 Å². The fourth-order valence-electron chi connectivity index (χ4n) is 1.65. The van der Waals surface area contributed by atoms with Crippen molar-refractivity contribution in [1.82, 2.24) is 5.32 Å². The van der Waals surface area contributed by atoms with E-state index in [1.54, 1.807) is 11.8 Å². The van der Waals surface area contributed by atoms with E-state index >= 15 is 0 Å². The van der Waals surface area contributed by atoms with Crippen LogP contribution in [-0.4, -0.2) is 37.8 Å². The first-order valence-corrected chi connectivity index (χ1v) is 8.35. The van der Waals surface area contributed by atoms with Gasteiger partial charge in [0, 0.05) is 17.3 Å². The topological polar surface area (TPSA) is 75.3 Å². The fourth-order valence-corrected chi connectivity index (χ4v) is 3.35. The molecule has 1 aliphatic rings. The summed E-state index contributed by atoms with van der Waals surface area (Å²) in [5.41, 5.74) is 0.176. The number of benzene rings is 1. The number of carbonyl (C=O) groups is 1. The number of anilines is 1. The highest BCUT2D eigenvalue weighted by Crippen LogP contribution is 2.22. The van der Waals surface area contributed by atoms with Crippen molar-refractivity contribution in [2.75, 3.05) is 16.9 Å². The highest BCUT2D eigenvalue weighted by atomic mass is 32.2. The highest BCUT2D eigenvalue weighted by Gasteiger charge is 2.27. The van der Waals surface area contributed by atoms with Gasteiger partial charge in [-0.25, -0.2) is 8.42 Å². The van der Waals surface area contributed by atoms with Crippen LogP contribution in [0.1, 0.15) is 0 Å². The Balaban J connectivity index is 2.16. The Hall–Kier alpha value is -1.19. The van der Waals surface area contributed by atoms with Gasteiger partial charge in [-0.15, -0.1) is 11.8 Å². The van der Waals surface area contributed by atoms with Gasteiger partial charge in [0.05, 0.1) is 10.9 Å². The third kappa shape index (κ3) is 3.28. The van der Waals surface area contributed by atoms with E-state index in [9.17, 15) is 22.0 Å². The molecule has 1 aliphatic heterocycles. The molecule has 0 spiro atoms. The number of nitrogens with one attached hydrogen (secondary N) is 2. The molecular weight excluding hydrogens is 310 g/mol. The molecule has 9 heteroatoms. The van der Waals surface area contributed by atoms with Crippen LogP contribution >= 0.6 is 11.8 Å². The summed E-state index contributed by atoms with van der Waals surface area (Å²) in [6.45, 7) is 0. The van der Waals surface area contributed by atoms with Crippen LogP contribution in [0.25, 0.3) is 0 Å². The first-order valence-electron chi connectivity index (χ1n) is 5.65. The molecule has 5 nitrogen and oxygen atoms in total. The minimum absolute atomic E-state index is 0.176. The van der Waals surface area contributed by atoms with Gasteiger partial charge in [0.1, 0.15) is 0 Å². The van der Waals surface area contributed by atoms with Gasteiger partial charge in [-0.2, -0.15) is 8.78 Å². The molecular formula is C11H12F2N2O3S2. The van der Waals surface area contributed by atoms with Gasteiger partial charge in [0.25, 0.3) is 0 Å². The quantitative estimate of drug-likeness (QED) is 0.873. The van der Waals surface area contributed by atoms with E-state index < -0.39 is 20.5 Å². The summed E-state index contributed by atoms with van der Waals surface area (Å²) in [5.74, 6) is -2.53.